The molecule has 2 heteroatoms. The molecule has 178 valence electrons. The van der Waals surface area contributed by atoms with Gasteiger partial charge in [0.1, 0.15) is 0 Å². The molecule has 5 fully saturated rings. The van der Waals surface area contributed by atoms with Crippen molar-refractivity contribution < 1.29 is 9.84 Å². The molecule has 0 saturated heterocycles. The molecule has 0 radical (unpaired) electrons. The zero-order valence-electron chi connectivity index (χ0n) is 21.3. The van der Waals surface area contributed by atoms with E-state index in [9.17, 15) is 5.11 Å². The first-order valence-corrected chi connectivity index (χ1v) is 14.0. The van der Waals surface area contributed by atoms with Gasteiger partial charge in [0.25, 0.3) is 0 Å². The van der Waals surface area contributed by atoms with Crippen molar-refractivity contribution in [2.24, 2.45) is 57.7 Å². The van der Waals surface area contributed by atoms with Gasteiger partial charge >= 0.3 is 0 Å². The van der Waals surface area contributed by atoms with Crippen LogP contribution in [0, 0.1) is 57.7 Å². The molecule has 0 aromatic carbocycles. The van der Waals surface area contributed by atoms with Crippen LogP contribution >= 0.6 is 0 Å². The van der Waals surface area contributed by atoms with Crippen LogP contribution in [0.15, 0.2) is 0 Å². The highest BCUT2D eigenvalue weighted by molar-refractivity contribution is 5.26. The molecule has 2 nitrogen and oxygen atoms in total. The maximum Gasteiger partial charge on any atom is 0.0638 e. The summed E-state index contributed by atoms with van der Waals surface area (Å²) in [5.74, 6) is 5.74. The van der Waals surface area contributed by atoms with Gasteiger partial charge in [-0.05, 0) is 123 Å². The molecule has 5 aliphatic carbocycles. The Kier molecular flexibility index (Phi) is 5.66. The van der Waals surface area contributed by atoms with Gasteiger partial charge in [-0.15, -0.1) is 0 Å². The molecule has 31 heavy (non-hydrogen) atoms. The Morgan fingerprint density at radius 2 is 1.77 bits per heavy atom. The van der Waals surface area contributed by atoms with E-state index in [1.807, 2.05) is 7.11 Å². The number of aliphatic hydroxyl groups is 1. The standard InChI is InChI=1S/C29H50O2/c1-7-28-15-13-23-21(16-26(31-6)29-17-20(29)12-14-27(23,29)5)24(28)10-9-22(28)19(4)8-11-25(30)18(2)3/h18-26,30H,7-17H2,1-6H3/t19-,20-,21-,22-,23+,24+,25?,26-,27-,28-,29?/m1/s1. The van der Waals surface area contributed by atoms with E-state index in [0.29, 0.717) is 28.3 Å². The van der Waals surface area contributed by atoms with Crippen LogP contribution < -0.4 is 0 Å². The van der Waals surface area contributed by atoms with E-state index < -0.39 is 0 Å². The summed E-state index contributed by atoms with van der Waals surface area (Å²) in [4.78, 5) is 0. The topological polar surface area (TPSA) is 29.5 Å². The van der Waals surface area contributed by atoms with Crippen LogP contribution in [0.3, 0.4) is 0 Å². The number of aliphatic hydroxyl groups excluding tert-OH is 1. The molecule has 5 rings (SSSR count). The lowest BCUT2D eigenvalue weighted by atomic mass is 9.44. The molecule has 2 unspecified atom stereocenters. The van der Waals surface area contributed by atoms with Crippen molar-refractivity contribution in [1.82, 2.24) is 0 Å². The SMILES string of the molecule is CC[C@]12CC[C@H]3[C@@H](C[C@@H](OC)C45C[C@H]4CC[C@]35C)[C@@H]1CC[C@@H]2[C@H](C)CCC(O)C(C)C. The molecular formula is C29H50O2. The summed E-state index contributed by atoms with van der Waals surface area (Å²) in [5, 5.41) is 10.4. The summed E-state index contributed by atoms with van der Waals surface area (Å²) in [6, 6.07) is 0. The molecular weight excluding hydrogens is 380 g/mol. The fourth-order valence-electron chi connectivity index (χ4n) is 11.0. The molecule has 0 amide bonds. The van der Waals surface area contributed by atoms with Crippen LogP contribution in [0.1, 0.15) is 105 Å². The Labute approximate surface area is 192 Å². The normalized spacial score (nSPS) is 52.3. The molecule has 0 aromatic rings. The van der Waals surface area contributed by atoms with Crippen molar-refractivity contribution in [3.63, 3.8) is 0 Å². The number of hydrogen-bond acceptors (Lipinski definition) is 2. The fourth-order valence-corrected chi connectivity index (χ4v) is 11.0. The quantitative estimate of drug-likeness (QED) is 0.467. The highest BCUT2D eigenvalue weighted by Gasteiger charge is 2.77. The Bertz CT molecular complexity index is 674. The fraction of sp³-hybridized carbons (Fsp3) is 1.00. The van der Waals surface area contributed by atoms with Gasteiger partial charge in [-0.25, -0.2) is 0 Å². The molecule has 0 aromatic heterocycles. The summed E-state index contributed by atoms with van der Waals surface area (Å²) in [6.45, 7) is 12.0. The number of fused-ring (bicyclic) bond motifs is 4. The predicted molar refractivity (Wildman–Crippen MR) is 128 cm³/mol. The lowest BCUT2D eigenvalue weighted by molar-refractivity contribution is -0.164. The largest absolute Gasteiger partial charge is 0.393 e. The summed E-state index contributed by atoms with van der Waals surface area (Å²) in [5.41, 5.74) is 1.66. The molecule has 1 N–H and O–H groups in total. The Morgan fingerprint density at radius 1 is 1.00 bits per heavy atom. The van der Waals surface area contributed by atoms with E-state index in [4.69, 9.17) is 4.74 Å². The maximum atomic E-state index is 10.4. The number of hydrogen-bond donors (Lipinski definition) is 1. The third-order valence-electron chi connectivity index (χ3n) is 12.6. The second-order valence-corrected chi connectivity index (χ2v) is 13.4. The number of ether oxygens (including phenoxy) is 1. The van der Waals surface area contributed by atoms with Crippen LogP contribution in [0.2, 0.25) is 0 Å². The molecule has 0 bridgehead atoms. The molecule has 1 spiro atoms. The van der Waals surface area contributed by atoms with Crippen molar-refractivity contribution in [3.05, 3.63) is 0 Å². The van der Waals surface area contributed by atoms with E-state index >= 15 is 0 Å². The smallest absolute Gasteiger partial charge is 0.0638 e. The second kappa shape index (κ2) is 7.72. The van der Waals surface area contributed by atoms with Crippen LogP contribution in [-0.2, 0) is 4.74 Å². The minimum absolute atomic E-state index is 0.126. The predicted octanol–water partition coefficient (Wildman–Crippen LogP) is 7.09. The highest BCUT2D eigenvalue weighted by Crippen LogP contribution is 2.82. The average molecular weight is 431 g/mol. The average Bonchev–Trinajstić information content (AvgIpc) is 3.23. The van der Waals surface area contributed by atoms with Gasteiger partial charge < -0.3 is 9.84 Å². The molecule has 5 saturated carbocycles. The van der Waals surface area contributed by atoms with Gasteiger partial charge in [-0.2, -0.15) is 0 Å². The second-order valence-electron chi connectivity index (χ2n) is 13.4. The summed E-state index contributed by atoms with van der Waals surface area (Å²) < 4.78 is 6.31. The lowest BCUT2D eigenvalue weighted by Crippen LogP contribution is -2.57. The van der Waals surface area contributed by atoms with Gasteiger partial charge in [-0.3, -0.25) is 0 Å². The van der Waals surface area contributed by atoms with E-state index in [0.717, 1.165) is 41.9 Å². The zero-order chi connectivity index (χ0) is 22.2. The first-order valence-electron chi connectivity index (χ1n) is 14.0. The molecule has 0 heterocycles. The third kappa shape index (κ3) is 2.95. The van der Waals surface area contributed by atoms with Gasteiger partial charge in [0.2, 0.25) is 0 Å². The minimum Gasteiger partial charge on any atom is -0.393 e. The Morgan fingerprint density at radius 3 is 2.42 bits per heavy atom. The van der Waals surface area contributed by atoms with E-state index in [1.165, 1.54) is 64.2 Å². The number of rotatable bonds is 7. The lowest BCUT2D eigenvalue weighted by Gasteiger charge is -2.61. The minimum atomic E-state index is -0.126. The van der Waals surface area contributed by atoms with Gasteiger partial charge in [-0.1, -0.05) is 34.6 Å². The maximum absolute atomic E-state index is 10.4. The Hall–Kier alpha value is -0.0800. The van der Waals surface area contributed by atoms with Crippen LogP contribution in [0.5, 0.6) is 0 Å². The zero-order valence-corrected chi connectivity index (χ0v) is 21.3. The van der Waals surface area contributed by atoms with E-state index in [1.54, 1.807) is 0 Å². The number of methoxy groups -OCH3 is 1. The summed E-state index contributed by atoms with van der Waals surface area (Å²) in [6.07, 6.45) is 15.6. The summed E-state index contributed by atoms with van der Waals surface area (Å²) in [7, 11) is 2.02. The van der Waals surface area contributed by atoms with Crippen molar-refractivity contribution in [3.8, 4) is 0 Å². The summed E-state index contributed by atoms with van der Waals surface area (Å²) >= 11 is 0. The molecule has 11 atom stereocenters. The van der Waals surface area contributed by atoms with Crippen molar-refractivity contribution >= 4 is 0 Å². The molecule has 5 aliphatic rings. The van der Waals surface area contributed by atoms with Gasteiger partial charge in [0, 0.05) is 12.5 Å². The van der Waals surface area contributed by atoms with E-state index in [2.05, 4.69) is 34.6 Å². The van der Waals surface area contributed by atoms with Crippen molar-refractivity contribution in [1.29, 1.82) is 0 Å². The van der Waals surface area contributed by atoms with Gasteiger partial charge in [0.15, 0.2) is 0 Å². The van der Waals surface area contributed by atoms with Gasteiger partial charge in [0.05, 0.1) is 12.2 Å². The van der Waals surface area contributed by atoms with Crippen LogP contribution in [0.25, 0.3) is 0 Å². The monoisotopic (exact) mass is 430 g/mol. The van der Waals surface area contributed by atoms with E-state index in [-0.39, 0.29) is 6.10 Å². The Balaban J connectivity index is 1.38. The first kappa shape index (κ1) is 22.7. The first-order chi connectivity index (χ1) is 14.7. The van der Waals surface area contributed by atoms with Crippen LogP contribution in [0.4, 0.5) is 0 Å². The van der Waals surface area contributed by atoms with Crippen molar-refractivity contribution in [2.45, 2.75) is 117 Å². The highest BCUT2D eigenvalue weighted by atomic mass is 16.5. The van der Waals surface area contributed by atoms with Crippen molar-refractivity contribution in [2.75, 3.05) is 7.11 Å². The van der Waals surface area contributed by atoms with Crippen LogP contribution in [-0.4, -0.2) is 24.4 Å². The third-order valence-corrected chi connectivity index (χ3v) is 12.6. The molecule has 0 aliphatic heterocycles.